The monoisotopic (exact) mass is 316 g/mol. The van der Waals surface area contributed by atoms with Crippen LogP contribution < -0.4 is 10.6 Å². The lowest BCUT2D eigenvalue weighted by molar-refractivity contribution is 0.0944. The van der Waals surface area contributed by atoms with Gasteiger partial charge in [0, 0.05) is 23.8 Å². The van der Waals surface area contributed by atoms with Crippen LogP contribution in [0, 0.1) is 5.82 Å². The summed E-state index contributed by atoms with van der Waals surface area (Å²) in [5.41, 5.74) is 2.71. The molecule has 0 saturated carbocycles. The Morgan fingerprint density at radius 2 is 2.17 bits per heavy atom. The van der Waals surface area contributed by atoms with Gasteiger partial charge in [-0.05, 0) is 45.4 Å². The normalized spacial score (nSPS) is 14.6. The number of halogens is 1. The molecule has 1 aliphatic rings. The number of fused-ring (bicyclic) bond motifs is 1. The Morgan fingerprint density at radius 3 is 2.91 bits per heavy atom. The van der Waals surface area contributed by atoms with E-state index in [9.17, 15) is 9.18 Å². The van der Waals surface area contributed by atoms with Gasteiger partial charge in [-0.3, -0.25) is 4.79 Å². The molecule has 1 aromatic carbocycles. The summed E-state index contributed by atoms with van der Waals surface area (Å²) in [6.45, 7) is 2.51. The zero-order valence-corrected chi connectivity index (χ0v) is 13.4. The molecular weight excluding hydrogens is 295 g/mol. The molecule has 1 heterocycles. The zero-order chi connectivity index (χ0) is 16.4. The fourth-order valence-corrected chi connectivity index (χ4v) is 2.87. The molecule has 0 spiro atoms. The van der Waals surface area contributed by atoms with Gasteiger partial charge in [-0.15, -0.1) is 0 Å². The second-order valence-electron chi connectivity index (χ2n) is 5.89. The Morgan fingerprint density at radius 1 is 1.39 bits per heavy atom. The fourth-order valence-electron chi connectivity index (χ4n) is 2.87. The molecule has 1 amide bonds. The molecule has 0 bridgehead atoms. The topological polar surface area (TPSA) is 58.9 Å². The van der Waals surface area contributed by atoms with Gasteiger partial charge in [-0.1, -0.05) is 12.1 Å². The number of hydrogen-bond donors (Lipinski definition) is 2. The summed E-state index contributed by atoms with van der Waals surface area (Å²) in [4.78, 5) is 12.4. The van der Waals surface area contributed by atoms with Crippen LogP contribution in [0.3, 0.4) is 0 Å². The van der Waals surface area contributed by atoms with Crippen molar-refractivity contribution in [3.8, 4) is 5.69 Å². The van der Waals surface area contributed by atoms with Gasteiger partial charge < -0.3 is 10.6 Å². The first-order chi connectivity index (χ1) is 11.1. The number of carbonyl (C=O) groups excluding carboxylic acids is 1. The Kier molecular flexibility index (Phi) is 4.43. The molecule has 122 valence electrons. The van der Waals surface area contributed by atoms with E-state index in [1.807, 2.05) is 14.0 Å². The molecule has 6 heteroatoms. The van der Waals surface area contributed by atoms with E-state index < -0.39 is 0 Å². The van der Waals surface area contributed by atoms with Gasteiger partial charge in [0.25, 0.3) is 5.91 Å². The molecule has 1 unspecified atom stereocenters. The lowest BCUT2D eigenvalue weighted by Crippen LogP contribution is -2.37. The van der Waals surface area contributed by atoms with Gasteiger partial charge in [-0.2, -0.15) is 5.10 Å². The highest BCUT2D eigenvalue weighted by Crippen LogP contribution is 2.28. The van der Waals surface area contributed by atoms with E-state index >= 15 is 0 Å². The van der Waals surface area contributed by atoms with Gasteiger partial charge in [0.1, 0.15) is 11.5 Å². The van der Waals surface area contributed by atoms with Crippen molar-refractivity contribution in [2.45, 2.75) is 32.2 Å². The van der Waals surface area contributed by atoms with Gasteiger partial charge in [0.05, 0.1) is 0 Å². The Bertz CT molecular complexity index is 725. The van der Waals surface area contributed by atoms with Crippen molar-refractivity contribution in [2.75, 3.05) is 13.6 Å². The van der Waals surface area contributed by atoms with Crippen molar-refractivity contribution in [3.05, 3.63) is 47.0 Å². The molecule has 1 atom stereocenters. The van der Waals surface area contributed by atoms with Crippen LogP contribution >= 0.6 is 0 Å². The molecule has 2 aromatic rings. The first-order valence-electron chi connectivity index (χ1n) is 7.93. The fraction of sp³-hybridized carbons (Fsp3) is 0.412. The first-order valence-corrected chi connectivity index (χ1v) is 7.93. The number of amides is 1. The summed E-state index contributed by atoms with van der Waals surface area (Å²) in [7, 11) is 1.85. The predicted octanol–water partition coefficient (Wildman–Crippen LogP) is 1.84. The smallest absolute Gasteiger partial charge is 0.272 e. The molecule has 0 aliphatic heterocycles. The van der Waals surface area contributed by atoms with E-state index in [0.717, 1.165) is 30.5 Å². The van der Waals surface area contributed by atoms with E-state index in [0.29, 0.717) is 17.9 Å². The number of hydrogen-bond acceptors (Lipinski definition) is 3. The minimum Gasteiger partial charge on any atom is -0.349 e. The van der Waals surface area contributed by atoms with Gasteiger partial charge in [-0.25, -0.2) is 9.07 Å². The van der Waals surface area contributed by atoms with E-state index in [-0.39, 0.29) is 17.8 Å². The second-order valence-corrected chi connectivity index (χ2v) is 5.89. The maximum atomic E-state index is 14.1. The summed E-state index contributed by atoms with van der Waals surface area (Å²) in [5, 5.41) is 10.4. The lowest BCUT2D eigenvalue weighted by atomic mass is 10.2. The maximum Gasteiger partial charge on any atom is 0.272 e. The third kappa shape index (κ3) is 2.99. The van der Waals surface area contributed by atoms with Crippen molar-refractivity contribution in [2.24, 2.45) is 0 Å². The average Bonchev–Trinajstić information content (AvgIpc) is 3.15. The zero-order valence-electron chi connectivity index (χ0n) is 13.4. The van der Waals surface area contributed by atoms with Crippen molar-refractivity contribution >= 4 is 5.91 Å². The Hall–Kier alpha value is -2.21. The molecule has 0 fully saturated rings. The highest BCUT2D eigenvalue weighted by molar-refractivity contribution is 5.94. The van der Waals surface area contributed by atoms with Crippen molar-refractivity contribution < 1.29 is 9.18 Å². The quantitative estimate of drug-likeness (QED) is 0.885. The predicted molar refractivity (Wildman–Crippen MR) is 86.4 cm³/mol. The summed E-state index contributed by atoms with van der Waals surface area (Å²) in [5.74, 6) is -0.527. The van der Waals surface area contributed by atoms with Crippen molar-refractivity contribution in [1.29, 1.82) is 0 Å². The molecule has 0 radical (unpaired) electrons. The molecule has 1 aliphatic carbocycles. The Balaban J connectivity index is 1.93. The van der Waals surface area contributed by atoms with Crippen LogP contribution in [-0.2, 0) is 12.8 Å². The summed E-state index contributed by atoms with van der Waals surface area (Å²) < 4.78 is 15.7. The Labute approximate surface area is 134 Å². The van der Waals surface area contributed by atoms with Crippen LogP contribution in [0.2, 0.25) is 0 Å². The maximum absolute atomic E-state index is 14.1. The second kappa shape index (κ2) is 6.50. The number of rotatable bonds is 5. The van der Waals surface area contributed by atoms with Crippen LogP contribution in [0.1, 0.15) is 35.1 Å². The molecule has 5 nitrogen and oxygen atoms in total. The van der Waals surface area contributed by atoms with Gasteiger partial charge in [0.2, 0.25) is 0 Å². The number of aromatic nitrogens is 2. The number of nitrogens with one attached hydrogen (secondary N) is 2. The highest BCUT2D eigenvalue weighted by Gasteiger charge is 2.27. The molecular formula is C17H21FN4O. The van der Waals surface area contributed by atoms with E-state index in [2.05, 4.69) is 15.7 Å². The molecule has 0 saturated heterocycles. The number of benzene rings is 1. The van der Waals surface area contributed by atoms with Crippen LogP contribution in [0.4, 0.5) is 4.39 Å². The average molecular weight is 316 g/mol. The minimum absolute atomic E-state index is 0.181. The largest absolute Gasteiger partial charge is 0.349 e. The number of likely N-dealkylation sites (N-methyl/N-ethyl adjacent to an activating group) is 1. The number of carbonyl (C=O) groups is 1. The summed E-state index contributed by atoms with van der Waals surface area (Å²) in [6.07, 6.45) is 2.60. The van der Waals surface area contributed by atoms with Crippen molar-refractivity contribution in [1.82, 2.24) is 20.4 Å². The van der Waals surface area contributed by atoms with Crippen LogP contribution in [0.25, 0.3) is 5.69 Å². The number of nitrogens with zero attached hydrogens (tertiary/aromatic N) is 2. The summed E-state index contributed by atoms with van der Waals surface area (Å²) in [6, 6.07) is 6.70. The van der Waals surface area contributed by atoms with Crippen LogP contribution in [0.15, 0.2) is 24.3 Å². The highest BCUT2D eigenvalue weighted by atomic mass is 19.1. The standard InChI is InChI=1S/C17H21FN4O/c1-11(19-2)10-20-17(23)16-12-6-5-9-14(12)22(21-16)15-8-4-3-7-13(15)18/h3-4,7-8,11,19H,5-6,9-10H2,1-2H3,(H,20,23). The third-order valence-electron chi connectivity index (χ3n) is 4.29. The van der Waals surface area contributed by atoms with E-state index in [1.54, 1.807) is 22.9 Å². The van der Waals surface area contributed by atoms with E-state index in [4.69, 9.17) is 0 Å². The van der Waals surface area contributed by atoms with E-state index in [1.165, 1.54) is 6.07 Å². The third-order valence-corrected chi connectivity index (χ3v) is 4.29. The van der Waals surface area contributed by atoms with Gasteiger partial charge in [0.15, 0.2) is 5.69 Å². The van der Waals surface area contributed by atoms with Crippen LogP contribution in [-0.4, -0.2) is 35.3 Å². The SMILES string of the molecule is CNC(C)CNC(=O)c1nn(-c2ccccc2F)c2c1CCC2. The lowest BCUT2D eigenvalue weighted by Gasteiger charge is -2.10. The minimum atomic E-state index is -0.333. The molecule has 23 heavy (non-hydrogen) atoms. The van der Waals surface area contributed by atoms with Crippen molar-refractivity contribution in [3.63, 3.8) is 0 Å². The number of para-hydroxylation sites is 1. The van der Waals surface area contributed by atoms with Crippen LogP contribution in [0.5, 0.6) is 0 Å². The summed E-state index contributed by atoms with van der Waals surface area (Å²) >= 11 is 0. The van der Waals surface area contributed by atoms with Gasteiger partial charge >= 0.3 is 0 Å². The first kappa shape index (κ1) is 15.7. The molecule has 2 N–H and O–H groups in total. The molecule has 3 rings (SSSR count). The molecule has 1 aromatic heterocycles.